The van der Waals surface area contributed by atoms with E-state index < -0.39 is 11.9 Å². The lowest BCUT2D eigenvalue weighted by Crippen LogP contribution is -2.10. The SMILES string of the molecule is COC(=O)c1[nH]c2cc(-c3ccc(F)cc3)ccc2c1-c1ccc(C(N)=O)cc1. The third kappa shape index (κ3) is 3.36. The third-order valence-corrected chi connectivity index (χ3v) is 4.82. The summed E-state index contributed by atoms with van der Waals surface area (Å²) in [6.07, 6.45) is 0. The Balaban J connectivity index is 1.89. The quantitative estimate of drug-likeness (QED) is 0.504. The second-order valence-corrected chi connectivity index (χ2v) is 6.58. The molecular weight excluding hydrogens is 371 g/mol. The van der Waals surface area contributed by atoms with Crippen molar-refractivity contribution in [2.45, 2.75) is 0 Å². The molecule has 0 spiro atoms. The van der Waals surface area contributed by atoms with Gasteiger partial charge >= 0.3 is 5.97 Å². The molecule has 0 aliphatic carbocycles. The number of H-pyrrole nitrogens is 1. The molecule has 144 valence electrons. The van der Waals surface area contributed by atoms with Gasteiger partial charge in [-0.2, -0.15) is 0 Å². The molecule has 0 saturated heterocycles. The molecule has 4 rings (SSSR count). The summed E-state index contributed by atoms with van der Waals surface area (Å²) in [7, 11) is 1.32. The number of methoxy groups -OCH3 is 1. The minimum atomic E-state index is -0.521. The molecule has 5 nitrogen and oxygen atoms in total. The normalized spacial score (nSPS) is 10.8. The molecule has 3 N–H and O–H groups in total. The number of hydrogen-bond donors (Lipinski definition) is 2. The van der Waals surface area contributed by atoms with Gasteiger partial charge in [0.15, 0.2) is 0 Å². The van der Waals surface area contributed by atoms with E-state index in [-0.39, 0.29) is 5.82 Å². The van der Waals surface area contributed by atoms with Gasteiger partial charge in [-0.1, -0.05) is 36.4 Å². The van der Waals surface area contributed by atoms with E-state index in [1.54, 1.807) is 36.4 Å². The number of amides is 1. The van der Waals surface area contributed by atoms with Gasteiger partial charge in [0.25, 0.3) is 0 Å². The topological polar surface area (TPSA) is 85.2 Å². The number of nitrogens with two attached hydrogens (primary N) is 1. The van der Waals surface area contributed by atoms with E-state index in [0.29, 0.717) is 16.8 Å². The van der Waals surface area contributed by atoms with Crippen LogP contribution in [0.3, 0.4) is 0 Å². The maximum atomic E-state index is 13.2. The predicted molar refractivity (Wildman–Crippen MR) is 109 cm³/mol. The van der Waals surface area contributed by atoms with Crippen molar-refractivity contribution in [1.82, 2.24) is 4.98 Å². The first-order chi connectivity index (χ1) is 14.0. The summed E-state index contributed by atoms with van der Waals surface area (Å²) in [4.78, 5) is 26.9. The first-order valence-corrected chi connectivity index (χ1v) is 8.88. The minimum Gasteiger partial charge on any atom is -0.464 e. The lowest BCUT2D eigenvalue weighted by atomic mass is 9.98. The Morgan fingerprint density at radius 2 is 1.52 bits per heavy atom. The van der Waals surface area contributed by atoms with Gasteiger partial charge in [0.2, 0.25) is 5.91 Å². The largest absolute Gasteiger partial charge is 0.464 e. The fourth-order valence-electron chi connectivity index (χ4n) is 3.38. The molecule has 0 radical (unpaired) electrons. The summed E-state index contributed by atoms with van der Waals surface area (Å²) in [5.74, 6) is -1.32. The zero-order valence-electron chi connectivity index (χ0n) is 15.5. The Labute approximate surface area is 165 Å². The molecule has 0 atom stereocenters. The van der Waals surface area contributed by atoms with Crippen molar-refractivity contribution in [3.8, 4) is 22.3 Å². The van der Waals surface area contributed by atoms with Gasteiger partial charge in [0.1, 0.15) is 11.5 Å². The molecular formula is C23H17FN2O3. The highest BCUT2D eigenvalue weighted by Crippen LogP contribution is 2.35. The van der Waals surface area contributed by atoms with Crippen LogP contribution in [0.2, 0.25) is 0 Å². The highest BCUT2D eigenvalue weighted by atomic mass is 19.1. The number of ether oxygens (including phenoxy) is 1. The van der Waals surface area contributed by atoms with Gasteiger partial charge in [0, 0.05) is 22.0 Å². The number of aromatic nitrogens is 1. The van der Waals surface area contributed by atoms with Crippen LogP contribution in [0.1, 0.15) is 20.8 Å². The summed E-state index contributed by atoms with van der Waals surface area (Å²) in [6, 6.07) is 18.6. The number of benzene rings is 3. The summed E-state index contributed by atoms with van der Waals surface area (Å²) in [5.41, 5.74) is 9.90. The average molecular weight is 388 g/mol. The van der Waals surface area contributed by atoms with Crippen molar-refractivity contribution in [2.24, 2.45) is 5.73 Å². The van der Waals surface area contributed by atoms with Crippen molar-refractivity contribution in [3.05, 3.63) is 83.8 Å². The van der Waals surface area contributed by atoms with Gasteiger partial charge < -0.3 is 15.5 Å². The van der Waals surface area contributed by atoms with Crippen molar-refractivity contribution in [1.29, 1.82) is 0 Å². The third-order valence-electron chi connectivity index (χ3n) is 4.82. The second-order valence-electron chi connectivity index (χ2n) is 6.58. The zero-order valence-corrected chi connectivity index (χ0v) is 15.5. The van der Waals surface area contributed by atoms with E-state index in [1.807, 2.05) is 18.2 Å². The van der Waals surface area contributed by atoms with Crippen LogP contribution in [-0.4, -0.2) is 24.0 Å². The van der Waals surface area contributed by atoms with E-state index >= 15 is 0 Å². The summed E-state index contributed by atoms with van der Waals surface area (Å²) < 4.78 is 18.2. The van der Waals surface area contributed by atoms with Crippen LogP contribution in [0.4, 0.5) is 4.39 Å². The number of carbonyl (C=O) groups excluding carboxylic acids is 2. The molecule has 1 heterocycles. The van der Waals surface area contributed by atoms with E-state index in [1.165, 1.54) is 19.2 Å². The van der Waals surface area contributed by atoms with Crippen molar-refractivity contribution < 1.29 is 18.7 Å². The second kappa shape index (κ2) is 7.24. The molecule has 3 aromatic carbocycles. The van der Waals surface area contributed by atoms with Gasteiger partial charge in [-0.25, -0.2) is 9.18 Å². The summed E-state index contributed by atoms with van der Waals surface area (Å²) in [6.45, 7) is 0. The van der Waals surface area contributed by atoms with Gasteiger partial charge in [0.05, 0.1) is 7.11 Å². The van der Waals surface area contributed by atoms with Crippen LogP contribution in [0.25, 0.3) is 33.2 Å². The maximum absolute atomic E-state index is 13.2. The van der Waals surface area contributed by atoms with E-state index in [4.69, 9.17) is 10.5 Å². The molecule has 1 aromatic heterocycles. The smallest absolute Gasteiger partial charge is 0.355 e. The van der Waals surface area contributed by atoms with Crippen LogP contribution >= 0.6 is 0 Å². The average Bonchev–Trinajstić information content (AvgIpc) is 3.12. The van der Waals surface area contributed by atoms with Crippen LogP contribution in [-0.2, 0) is 4.74 Å². The first kappa shape index (κ1) is 18.4. The van der Waals surface area contributed by atoms with Gasteiger partial charge in [-0.15, -0.1) is 0 Å². The Hall–Kier alpha value is -3.93. The monoisotopic (exact) mass is 388 g/mol. The lowest BCUT2D eigenvalue weighted by Gasteiger charge is -2.06. The fraction of sp³-hybridized carbons (Fsp3) is 0.0435. The van der Waals surface area contributed by atoms with Crippen molar-refractivity contribution in [3.63, 3.8) is 0 Å². The molecule has 0 fully saturated rings. The Bertz CT molecular complexity index is 1230. The Morgan fingerprint density at radius 1 is 0.897 bits per heavy atom. The lowest BCUT2D eigenvalue weighted by molar-refractivity contribution is 0.0596. The number of primary amides is 1. The Morgan fingerprint density at radius 3 is 2.14 bits per heavy atom. The number of hydrogen-bond acceptors (Lipinski definition) is 3. The molecule has 0 bridgehead atoms. The number of nitrogens with one attached hydrogen (secondary N) is 1. The molecule has 0 aliphatic heterocycles. The summed E-state index contributed by atoms with van der Waals surface area (Å²) in [5, 5.41) is 0.822. The molecule has 0 unspecified atom stereocenters. The van der Waals surface area contributed by atoms with E-state index in [2.05, 4.69) is 4.98 Å². The predicted octanol–water partition coefficient (Wildman–Crippen LogP) is 4.53. The number of aromatic amines is 1. The molecule has 1 amide bonds. The minimum absolute atomic E-state index is 0.302. The Kier molecular flexibility index (Phi) is 4.60. The van der Waals surface area contributed by atoms with Crippen LogP contribution in [0.15, 0.2) is 66.7 Å². The fourth-order valence-corrected chi connectivity index (χ4v) is 3.38. The molecule has 6 heteroatoms. The highest BCUT2D eigenvalue weighted by molar-refractivity contribution is 6.09. The maximum Gasteiger partial charge on any atom is 0.355 e. The number of halogens is 1. The zero-order chi connectivity index (χ0) is 20.5. The van der Waals surface area contributed by atoms with Crippen LogP contribution in [0, 0.1) is 5.82 Å². The van der Waals surface area contributed by atoms with Gasteiger partial charge in [-0.3, -0.25) is 4.79 Å². The molecule has 4 aromatic rings. The number of rotatable bonds is 4. The van der Waals surface area contributed by atoms with Gasteiger partial charge in [-0.05, 0) is 47.0 Å². The molecule has 29 heavy (non-hydrogen) atoms. The first-order valence-electron chi connectivity index (χ1n) is 8.88. The standard InChI is InChI=1S/C23H17FN2O3/c1-29-23(28)21-20(14-2-4-15(5-3-14)22(25)27)18-11-8-16(12-19(18)26-21)13-6-9-17(24)10-7-13/h2-12,26H,1H3,(H2,25,27). The van der Waals surface area contributed by atoms with E-state index in [0.717, 1.165) is 27.6 Å². The molecule has 0 aliphatic rings. The number of carbonyl (C=O) groups is 2. The van der Waals surface area contributed by atoms with E-state index in [9.17, 15) is 14.0 Å². The van der Waals surface area contributed by atoms with Crippen molar-refractivity contribution >= 4 is 22.8 Å². The highest BCUT2D eigenvalue weighted by Gasteiger charge is 2.20. The van der Waals surface area contributed by atoms with Crippen LogP contribution in [0.5, 0.6) is 0 Å². The summed E-state index contributed by atoms with van der Waals surface area (Å²) >= 11 is 0. The van der Waals surface area contributed by atoms with Crippen molar-refractivity contribution in [2.75, 3.05) is 7.11 Å². The number of fused-ring (bicyclic) bond motifs is 1. The van der Waals surface area contributed by atoms with Crippen LogP contribution < -0.4 is 5.73 Å². The number of esters is 1. The molecule has 0 saturated carbocycles.